The van der Waals surface area contributed by atoms with Crippen LogP contribution in [-0.2, 0) is 19.2 Å². The molecule has 2 rings (SSSR count). The number of rotatable bonds is 13. The highest BCUT2D eigenvalue weighted by atomic mass is 17.0. The maximum atomic E-state index is 12.4. The predicted octanol–water partition coefficient (Wildman–Crippen LogP) is 2.51. The molecule has 3 atom stereocenters. The second-order valence-corrected chi connectivity index (χ2v) is 10.9. The van der Waals surface area contributed by atoms with E-state index in [1.807, 2.05) is 27.7 Å². The topological polar surface area (TPSA) is 209 Å². The molecule has 42 heavy (non-hydrogen) atoms. The molecule has 0 radical (unpaired) electrons. The average molecular weight is 598 g/mol. The van der Waals surface area contributed by atoms with Gasteiger partial charge in [-0.3, -0.25) is 4.79 Å². The molecule has 0 heterocycles. The summed E-state index contributed by atoms with van der Waals surface area (Å²) in [6.45, 7) is 11.4. The lowest BCUT2D eigenvalue weighted by Crippen LogP contribution is -2.58. The first-order valence-corrected chi connectivity index (χ1v) is 13.5. The number of carboxylic acids is 2. The standard InChI is InChI=1S/C24H39N3O7.C4H4O4/c1-15-11-22(16(2)17(3)23(15)30)33-13-19(29)12-25-24(5,6)14-26(18(4)28)20-9-7-8-10-21(20)34-27(31)32;5-3(6)1-2-4(7)8/h11,19-21,25,29-30H,7-10,12-14H2,1-6H3;1-2H,(H,5,6)(H,7,8). The molecule has 0 saturated heterocycles. The van der Waals surface area contributed by atoms with Gasteiger partial charge in [0, 0.05) is 37.7 Å². The van der Waals surface area contributed by atoms with Crippen LogP contribution in [0.15, 0.2) is 18.2 Å². The molecule has 236 valence electrons. The second kappa shape index (κ2) is 16.5. The molecule has 5 N–H and O–H groups in total. The Kier molecular flexibility index (Phi) is 14.2. The molecule has 3 unspecified atom stereocenters. The molecule has 1 aromatic rings. The van der Waals surface area contributed by atoms with Crippen LogP contribution < -0.4 is 10.1 Å². The SMILES string of the molecule is CC(=O)N(CC(C)(C)NCC(O)COc1cc(C)c(O)c(C)c1C)C1CCCCC1O[N+](=O)[O-].O=C(O)C=CC(=O)O. The van der Waals surface area contributed by atoms with Crippen molar-refractivity contribution in [1.29, 1.82) is 0 Å². The van der Waals surface area contributed by atoms with Crippen molar-refractivity contribution in [2.24, 2.45) is 0 Å². The van der Waals surface area contributed by atoms with Crippen molar-refractivity contribution in [2.45, 2.75) is 91.0 Å². The summed E-state index contributed by atoms with van der Waals surface area (Å²) in [4.78, 5) is 49.0. The minimum absolute atomic E-state index is 0.0609. The van der Waals surface area contributed by atoms with Crippen LogP contribution in [0.4, 0.5) is 0 Å². The quantitative estimate of drug-likeness (QED) is 0.126. The number of carbonyl (C=O) groups excluding carboxylic acids is 1. The number of aromatic hydroxyl groups is 1. The minimum atomic E-state index is -1.26. The monoisotopic (exact) mass is 597 g/mol. The van der Waals surface area contributed by atoms with E-state index in [0.717, 1.165) is 24.0 Å². The van der Waals surface area contributed by atoms with Crippen molar-refractivity contribution in [3.05, 3.63) is 45.0 Å². The fourth-order valence-corrected chi connectivity index (χ4v) is 4.57. The summed E-state index contributed by atoms with van der Waals surface area (Å²) in [6.07, 6.45) is 2.57. The molecular weight excluding hydrogens is 554 g/mol. The lowest BCUT2D eigenvalue weighted by atomic mass is 9.90. The minimum Gasteiger partial charge on any atom is -0.507 e. The molecule has 1 fully saturated rings. The number of ether oxygens (including phenoxy) is 1. The Morgan fingerprint density at radius 3 is 2.24 bits per heavy atom. The van der Waals surface area contributed by atoms with Gasteiger partial charge in [-0.25, -0.2) is 9.59 Å². The van der Waals surface area contributed by atoms with Gasteiger partial charge in [-0.1, -0.05) is 12.8 Å². The fraction of sp³-hybridized carbons (Fsp3) is 0.607. The van der Waals surface area contributed by atoms with Gasteiger partial charge >= 0.3 is 11.9 Å². The number of aliphatic hydroxyl groups is 1. The second-order valence-electron chi connectivity index (χ2n) is 10.9. The number of amides is 1. The Bertz CT molecular complexity index is 1120. The van der Waals surface area contributed by atoms with E-state index in [0.29, 0.717) is 42.9 Å². The van der Waals surface area contributed by atoms with Gasteiger partial charge in [-0.05, 0) is 70.2 Å². The highest BCUT2D eigenvalue weighted by Gasteiger charge is 2.36. The smallest absolute Gasteiger partial charge is 0.328 e. The summed E-state index contributed by atoms with van der Waals surface area (Å²) < 4.78 is 5.80. The number of β-amino-alcohol motifs (C(OH)–C–C–N with tert-alkyl or cyclic N) is 1. The molecule has 1 aliphatic carbocycles. The van der Waals surface area contributed by atoms with Gasteiger partial charge in [0.1, 0.15) is 30.3 Å². The zero-order valence-corrected chi connectivity index (χ0v) is 25.0. The molecule has 1 saturated carbocycles. The van der Waals surface area contributed by atoms with Crippen LogP contribution in [0.25, 0.3) is 0 Å². The van der Waals surface area contributed by atoms with E-state index in [1.54, 1.807) is 17.9 Å². The molecule has 14 heteroatoms. The van der Waals surface area contributed by atoms with Crippen LogP contribution in [0.5, 0.6) is 11.5 Å². The van der Waals surface area contributed by atoms with E-state index in [-0.39, 0.29) is 30.9 Å². The van der Waals surface area contributed by atoms with Crippen LogP contribution in [0.3, 0.4) is 0 Å². The number of phenols is 1. The van der Waals surface area contributed by atoms with Crippen LogP contribution in [0.2, 0.25) is 0 Å². The molecule has 0 aliphatic heterocycles. The maximum absolute atomic E-state index is 12.4. The third-order valence-electron chi connectivity index (χ3n) is 6.88. The Balaban J connectivity index is 0.000000962. The van der Waals surface area contributed by atoms with Crippen molar-refractivity contribution >= 4 is 17.8 Å². The zero-order valence-electron chi connectivity index (χ0n) is 25.0. The van der Waals surface area contributed by atoms with Crippen LogP contribution in [0.1, 0.15) is 63.1 Å². The third-order valence-corrected chi connectivity index (χ3v) is 6.88. The number of carbonyl (C=O) groups is 3. The van der Waals surface area contributed by atoms with Crippen molar-refractivity contribution in [2.75, 3.05) is 19.7 Å². The van der Waals surface area contributed by atoms with E-state index in [4.69, 9.17) is 19.8 Å². The Morgan fingerprint density at radius 1 is 1.14 bits per heavy atom. The Hall–Kier alpha value is -3.91. The normalized spacial score (nSPS) is 17.5. The van der Waals surface area contributed by atoms with Crippen LogP contribution in [-0.4, -0.2) is 91.7 Å². The van der Waals surface area contributed by atoms with Crippen molar-refractivity contribution in [3.8, 4) is 11.5 Å². The summed E-state index contributed by atoms with van der Waals surface area (Å²) in [5, 5.41) is 49.6. The van der Waals surface area contributed by atoms with Gasteiger partial charge in [0.15, 0.2) is 0 Å². The number of carboxylic acid groups (broad SMARTS) is 2. The molecule has 14 nitrogen and oxygen atoms in total. The molecule has 0 bridgehead atoms. The van der Waals surface area contributed by atoms with Crippen LogP contribution in [0, 0.1) is 30.9 Å². The largest absolute Gasteiger partial charge is 0.507 e. The van der Waals surface area contributed by atoms with Crippen molar-refractivity contribution in [1.82, 2.24) is 10.2 Å². The summed E-state index contributed by atoms with van der Waals surface area (Å²) in [7, 11) is 0. The molecule has 0 aromatic heterocycles. The third kappa shape index (κ3) is 12.3. The van der Waals surface area contributed by atoms with Crippen LogP contribution >= 0.6 is 0 Å². The number of hydrogen-bond acceptors (Lipinski definition) is 10. The van der Waals surface area contributed by atoms with Gasteiger partial charge in [0.05, 0.1) is 6.04 Å². The number of aryl methyl sites for hydroxylation is 1. The molecule has 0 spiro atoms. The van der Waals surface area contributed by atoms with Crippen molar-refractivity contribution < 1.29 is 49.5 Å². The predicted molar refractivity (Wildman–Crippen MR) is 152 cm³/mol. The van der Waals surface area contributed by atoms with E-state index in [1.165, 1.54) is 6.92 Å². The first-order chi connectivity index (χ1) is 19.4. The molecule has 1 amide bonds. The summed E-state index contributed by atoms with van der Waals surface area (Å²) >= 11 is 0. The van der Waals surface area contributed by atoms with Crippen molar-refractivity contribution in [3.63, 3.8) is 0 Å². The summed E-state index contributed by atoms with van der Waals surface area (Å²) in [5.41, 5.74) is 1.71. The first kappa shape index (κ1) is 36.1. The molecule has 1 aromatic carbocycles. The lowest BCUT2D eigenvalue weighted by Gasteiger charge is -2.42. The Morgan fingerprint density at radius 2 is 1.71 bits per heavy atom. The van der Waals surface area contributed by atoms with Gasteiger partial charge in [0.2, 0.25) is 5.91 Å². The summed E-state index contributed by atoms with van der Waals surface area (Å²) in [6, 6.07) is 1.38. The highest BCUT2D eigenvalue weighted by molar-refractivity contribution is 5.89. The number of nitrogens with zero attached hydrogens (tertiary/aromatic N) is 2. The number of phenolic OH excluding ortho intramolecular Hbond substituents is 1. The van der Waals surface area contributed by atoms with Gasteiger partial charge in [0.25, 0.3) is 5.09 Å². The average Bonchev–Trinajstić information content (AvgIpc) is 2.90. The van der Waals surface area contributed by atoms with E-state index in [2.05, 4.69) is 5.32 Å². The summed E-state index contributed by atoms with van der Waals surface area (Å²) in [5.74, 6) is -1.83. The number of aliphatic hydroxyl groups excluding tert-OH is 1. The molecular formula is C28H43N3O11. The maximum Gasteiger partial charge on any atom is 0.328 e. The number of benzene rings is 1. The Labute approximate surface area is 245 Å². The van der Waals surface area contributed by atoms with E-state index in [9.17, 15) is 34.7 Å². The highest BCUT2D eigenvalue weighted by Crippen LogP contribution is 2.32. The number of hydrogen-bond donors (Lipinski definition) is 5. The fourth-order valence-electron chi connectivity index (χ4n) is 4.57. The zero-order chi connectivity index (χ0) is 32.2. The van der Waals surface area contributed by atoms with Gasteiger partial charge in [-0.15, -0.1) is 10.1 Å². The van der Waals surface area contributed by atoms with E-state index < -0.39 is 34.8 Å². The number of aliphatic carboxylic acids is 2. The van der Waals surface area contributed by atoms with Gasteiger partial charge < -0.3 is 40.2 Å². The van der Waals surface area contributed by atoms with E-state index >= 15 is 0 Å². The van der Waals surface area contributed by atoms with Gasteiger partial charge in [-0.2, -0.15) is 0 Å². The first-order valence-electron chi connectivity index (χ1n) is 13.5. The lowest BCUT2D eigenvalue weighted by molar-refractivity contribution is -0.770. The molecule has 1 aliphatic rings. The number of nitrogens with one attached hydrogen (secondary N) is 1.